The average molecular weight is 226 g/mol. The lowest BCUT2D eigenvalue weighted by molar-refractivity contribution is 0.0599. The van der Waals surface area contributed by atoms with E-state index in [-0.39, 0.29) is 18.6 Å². The van der Waals surface area contributed by atoms with E-state index in [1.54, 1.807) is 0 Å². The van der Waals surface area contributed by atoms with E-state index >= 15 is 0 Å². The molecule has 0 aliphatic rings. The molecule has 1 aromatic rings. The van der Waals surface area contributed by atoms with Gasteiger partial charge in [-0.25, -0.2) is 0 Å². The van der Waals surface area contributed by atoms with Crippen LogP contribution in [-0.4, -0.2) is 33.2 Å². The molecule has 0 spiro atoms. The first-order chi connectivity index (χ1) is 7.50. The van der Waals surface area contributed by atoms with E-state index in [4.69, 9.17) is 10.2 Å². The summed E-state index contributed by atoms with van der Waals surface area (Å²) in [5, 5.41) is 22.7. The van der Waals surface area contributed by atoms with Crippen LogP contribution in [0.5, 0.6) is 0 Å². The van der Waals surface area contributed by atoms with Crippen molar-refractivity contribution in [3.05, 3.63) is 17.5 Å². The maximum absolute atomic E-state index is 9.16. The molecule has 0 amide bonds. The molecule has 1 aromatic heterocycles. The molecule has 2 N–H and O–H groups in total. The fourth-order valence-electron chi connectivity index (χ4n) is 1.77. The molecule has 1 rings (SSSR count). The van der Waals surface area contributed by atoms with Crippen LogP contribution in [0.1, 0.15) is 31.2 Å². The highest BCUT2D eigenvalue weighted by Gasteiger charge is 2.21. The molecule has 4 nitrogen and oxygen atoms in total. The Morgan fingerprint density at radius 1 is 1.31 bits per heavy atom. The fourth-order valence-corrected chi connectivity index (χ4v) is 1.77. The van der Waals surface area contributed by atoms with Crippen molar-refractivity contribution >= 4 is 0 Å². The second-order valence-electron chi connectivity index (χ2n) is 4.88. The number of aromatic nitrogens is 2. The summed E-state index contributed by atoms with van der Waals surface area (Å²) in [5.41, 5.74) is 1.83. The van der Waals surface area contributed by atoms with Crippen molar-refractivity contribution in [1.82, 2.24) is 9.78 Å². The summed E-state index contributed by atoms with van der Waals surface area (Å²) in [6.07, 6.45) is 1.72. The number of hydrogen-bond donors (Lipinski definition) is 2. The van der Waals surface area contributed by atoms with E-state index in [1.807, 2.05) is 25.5 Å². The highest BCUT2D eigenvalue weighted by atomic mass is 16.3. The monoisotopic (exact) mass is 226 g/mol. The summed E-state index contributed by atoms with van der Waals surface area (Å²) >= 11 is 0. The number of rotatable bonds is 6. The quantitative estimate of drug-likeness (QED) is 0.768. The minimum atomic E-state index is -0.365. The molecule has 4 heteroatoms. The SMILES string of the molecule is Cc1cc(C)n(CCCC(C)(CO)CO)n1. The van der Waals surface area contributed by atoms with Gasteiger partial charge in [0.15, 0.2) is 0 Å². The molecule has 0 bridgehead atoms. The summed E-state index contributed by atoms with van der Waals surface area (Å²) in [6.45, 7) is 6.82. The van der Waals surface area contributed by atoms with E-state index in [1.165, 1.54) is 0 Å². The summed E-state index contributed by atoms with van der Waals surface area (Å²) in [4.78, 5) is 0. The van der Waals surface area contributed by atoms with Crippen molar-refractivity contribution in [2.75, 3.05) is 13.2 Å². The Bertz CT molecular complexity index is 330. The molecule has 0 aliphatic heterocycles. The standard InChI is InChI=1S/C12H22N2O2/c1-10-7-11(2)14(13-10)6-4-5-12(3,8-15)9-16/h7,15-16H,4-6,8-9H2,1-3H3. The third-order valence-electron chi connectivity index (χ3n) is 3.02. The summed E-state index contributed by atoms with van der Waals surface area (Å²) in [6, 6.07) is 2.05. The molecule has 0 saturated heterocycles. The molecule has 1 heterocycles. The van der Waals surface area contributed by atoms with Crippen molar-refractivity contribution in [3.63, 3.8) is 0 Å². The van der Waals surface area contributed by atoms with Gasteiger partial charge in [-0.05, 0) is 32.8 Å². The van der Waals surface area contributed by atoms with Crippen LogP contribution in [0.4, 0.5) is 0 Å². The average Bonchev–Trinajstić information content (AvgIpc) is 2.57. The largest absolute Gasteiger partial charge is 0.396 e. The predicted molar refractivity (Wildman–Crippen MR) is 63.2 cm³/mol. The lowest BCUT2D eigenvalue weighted by atomic mass is 9.87. The number of aliphatic hydroxyl groups is 2. The van der Waals surface area contributed by atoms with Gasteiger partial charge >= 0.3 is 0 Å². The van der Waals surface area contributed by atoms with Gasteiger partial charge in [-0.1, -0.05) is 6.92 Å². The molecule has 0 aliphatic carbocycles. The Labute approximate surface area is 96.9 Å². The molecule has 0 aromatic carbocycles. The highest BCUT2D eigenvalue weighted by molar-refractivity contribution is 5.06. The minimum absolute atomic E-state index is 0.0284. The van der Waals surface area contributed by atoms with Gasteiger partial charge < -0.3 is 10.2 Å². The number of hydrogen-bond acceptors (Lipinski definition) is 3. The third kappa shape index (κ3) is 3.32. The van der Waals surface area contributed by atoms with E-state index in [0.29, 0.717) is 0 Å². The first-order valence-electron chi connectivity index (χ1n) is 5.73. The lowest BCUT2D eigenvalue weighted by Gasteiger charge is -2.24. The summed E-state index contributed by atoms with van der Waals surface area (Å²) < 4.78 is 1.98. The fraction of sp³-hybridized carbons (Fsp3) is 0.750. The smallest absolute Gasteiger partial charge is 0.0596 e. The van der Waals surface area contributed by atoms with Gasteiger partial charge in [0.05, 0.1) is 18.9 Å². The van der Waals surface area contributed by atoms with Crippen molar-refractivity contribution in [3.8, 4) is 0 Å². The highest BCUT2D eigenvalue weighted by Crippen LogP contribution is 2.22. The van der Waals surface area contributed by atoms with Gasteiger partial charge in [-0.2, -0.15) is 5.10 Å². The van der Waals surface area contributed by atoms with E-state index in [0.717, 1.165) is 30.8 Å². The topological polar surface area (TPSA) is 58.3 Å². The van der Waals surface area contributed by atoms with Crippen LogP contribution in [0.25, 0.3) is 0 Å². The molecule has 0 unspecified atom stereocenters. The Morgan fingerprint density at radius 3 is 2.38 bits per heavy atom. The molecule has 0 atom stereocenters. The number of aliphatic hydroxyl groups excluding tert-OH is 2. The first kappa shape index (κ1) is 13.2. The second kappa shape index (κ2) is 5.46. The second-order valence-corrected chi connectivity index (χ2v) is 4.88. The molecule has 16 heavy (non-hydrogen) atoms. The normalized spacial score (nSPS) is 12.1. The zero-order chi connectivity index (χ0) is 12.2. The van der Waals surface area contributed by atoms with Crippen LogP contribution in [0.3, 0.4) is 0 Å². The summed E-state index contributed by atoms with van der Waals surface area (Å²) in [7, 11) is 0. The van der Waals surface area contributed by atoms with Crippen molar-refractivity contribution in [2.45, 2.75) is 40.2 Å². The molecular formula is C12H22N2O2. The van der Waals surface area contributed by atoms with Crippen LogP contribution in [0.15, 0.2) is 6.07 Å². The van der Waals surface area contributed by atoms with Crippen LogP contribution < -0.4 is 0 Å². The van der Waals surface area contributed by atoms with Crippen molar-refractivity contribution < 1.29 is 10.2 Å². The zero-order valence-electron chi connectivity index (χ0n) is 10.4. The molecule has 0 fully saturated rings. The van der Waals surface area contributed by atoms with Gasteiger partial charge in [0.1, 0.15) is 0 Å². The minimum Gasteiger partial charge on any atom is -0.396 e. The van der Waals surface area contributed by atoms with Gasteiger partial charge in [-0.15, -0.1) is 0 Å². The van der Waals surface area contributed by atoms with Crippen LogP contribution >= 0.6 is 0 Å². The number of aryl methyl sites for hydroxylation is 3. The Kier molecular flexibility index (Phi) is 4.50. The van der Waals surface area contributed by atoms with Gasteiger partial charge in [0, 0.05) is 17.7 Å². The lowest BCUT2D eigenvalue weighted by Crippen LogP contribution is -2.26. The van der Waals surface area contributed by atoms with Crippen molar-refractivity contribution in [2.24, 2.45) is 5.41 Å². The number of nitrogens with zero attached hydrogens (tertiary/aromatic N) is 2. The molecule has 0 radical (unpaired) electrons. The Morgan fingerprint density at radius 2 is 1.94 bits per heavy atom. The Balaban J connectivity index is 2.44. The molecule has 92 valence electrons. The van der Waals surface area contributed by atoms with Crippen molar-refractivity contribution in [1.29, 1.82) is 0 Å². The third-order valence-corrected chi connectivity index (χ3v) is 3.02. The maximum Gasteiger partial charge on any atom is 0.0596 e. The van der Waals surface area contributed by atoms with E-state index < -0.39 is 0 Å². The van der Waals surface area contributed by atoms with E-state index in [2.05, 4.69) is 11.2 Å². The van der Waals surface area contributed by atoms with Crippen LogP contribution in [0, 0.1) is 19.3 Å². The Hall–Kier alpha value is -0.870. The maximum atomic E-state index is 9.16. The summed E-state index contributed by atoms with van der Waals surface area (Å²) in [5.74, 6) is 0. The zero-order valence-corrected chi connectivity index (χ0v) is 10.4. The predicted octanol–water partition coefficient (Wildman–Crippen LogP) is 1.27. The van der Waals surface area contributed by atoms with Gasteiger partial charge in [0.25, 0.3) is 0 Å². The van der Waals surface area contributed by atoms with Gasteiger partial charge in [0.2, 0.25) is 0 Å². The first-order valence-corrected chi connectivity index (χ1v) is 5.73. The molecular weight excluding hydrogens is 204 g/mol. The van der Waals surface area contributed by atoms with Crippen LogP contribution in [0.2, 0.25) is 0 Å². The van der Waals surface area contributed by atoms with E-state index in [9.17, 15) is 0 Å². The molecule has 0 saturated carbocycles. The van der Waals surface area contributed by atoms with Crippen LogP contribution in [-0.2, 0) is 6.54 Å². The van der Waals surface area contributed by atoms with Gasteiger partial charge in [-0.3, -0.25) is 4.68 Å².